The van der Waals surface area contributed by atoms with Gasteiger partial charge in [-0.15, -0.1) is 0 Å². The lowest BCUT2D eigenvalue weighted by Crippen LogP contribution is -2.41. The van der Waals surface area contributed by atoms with Crippen LogP contribution in [0.15, 0.2) is 97.1 Å². The average Bonchev–Trinajstić information content (AvgIpc) is 2.92. The fourth-order valence-corrected chi connectivity index (χ4v) is 4.72. The summed E-state index contributed by atoms with van der Waals surface area (Å²) in [6, 6.07) is 31.6. The summed E-state index contributed by atoms with van der Waals surface area (Å²) in [7, 11) is 0. The van der Waals surface area contributed by atoms with Gasteiger partial charge in [-0.05, 0) is 53.1 Å². The lowest BCUT2D eigenvalue weighted by atomic mass is 9.87. The van der Waals surface area contributed by atoms with Crippen molar-refractivity contribution < 1.29 is 14.6 Å². The van der Waals surface area contributed by atoms with Gasteiger partial charge in [0, 0.05) is 30.1 Å². The van der Waals surface area contributed by atoms with Crippen molar-refractivity contribution in [3.05, 3.63) is 119 Å². The lowest BCUT2D eigenvalue weighted by molar-refractivity contribution is -0.149. The number of benzene rings is 4. The molecule has 1 fully saturated rings. The van der Waals surface area contributed by atoms with Crippen LogP contribution < -0.4 is 10.6 Å². The standard InChI is InChI=1S/C30H30N2O3/c33-29(24-7-2-1-3-8-24)32-19-21-10-12-23(13-11-21)27-16-17-31-20-28(27)35-30(34)26-15-14-22-6-4-5-9-25(22)18-26/h1-15,18,27-28,30-31,34H,16-17,19-20H2,(H,32,33). The van der Waals surface area contributed by atoms with Crippen LogP contribution in [-0.4, -0.2) is 30.2 Å². The van der Waals surface area contributed by atoms with Crippen molar-refractivity contribution in [3.63, 3.8) is 0 Å². The van der Waals surface area contributed by atoms with Gasteiger partial charge in [-0.3, -0.25) is 4.79 Å². The largest absolute Gasteiger partial charge is 0.364 e. The van der Waals surface area contributed by atoms with Crippen LogP contribution in [0, 0.1) is 0 Å². The van der Waals surface area contributed by atoms with Gasteiger partial charge in [-0.1, -0.05) is 78.9 Å². The first-order valence-corrected chi connectivity index (χ1v) is 12.1. The molecular weight excluding hydrogens is 436 g/mol. The number of rotatable bonds is 7. The molecule has 1 heterocycles. The molecule has 0 spiro atoms. The molecule has 5 heteroatoms. The van der Waals surface area contributed by atoms with Crippen LogP contribution in [-0.2, 0) is 11.3 Å². The van der Waals surface area contributed by atoms with E-state index in [0.29, 0.717) is 18.7 Å². The third-order valence-electron chi connectivity index (χ3n) is 6.69. The Balaban J connectivity index is 1.23. The van der Waals surface area contributed by atoms with Crippen LogP contribution in [0.2, 0.25) is 0 Å². The summed E-state index contributed by atoms with van der Waals surface area (Å²) in [5.41, 5.74) is 3.64. The Labute approximate surface area is 205 Å². The minimum atomic E-state index is -0.987. The average molecular weight is 467 g/mol. The number of amides is 1. The van der Waals surface area contributed by atoms with Gasteiger partial charge in [0.2, 0.25) is 0 Å². The maximum Gasteiger partial charge on any atom is 0.251 e. The van der Waals surface area contributed by atoms with E-state index in [9.17, 15) is 9.90 Å². The van der Waals surface area contributed by atoms with E-state index in [1.165, 1.54) is 5.56 Å². The molecule has 0 aromatic heterocycles. The van der Waals surface area contributed by atoms with Crippen molar-refractivity contribution in [3.8, 4) is 0 Å². The van der Waals surface area contributed by atoms with Gasteiger partial charge in [0.05, 0.1) is 6.10 Å². The van der Waals surface area contributed by atoms with E-state index in [2.05, 4.69) is 41.0 Å². The summed E-state index contributed by atoms with van der Waals surface area (Å²) < 4.78 is 6.19. The first kappa shape index (κ1) is 23.2. The first-order chi connectivity index (χ1) is 17.2. The third-order valence-corrected chi connectivity index (χ3v) is 6.69. The monoisotopic (exact) mass is 466 g/mol. The Morgan fingerprint density at radius 1 is 0.943 bits per heavy atom. The molecule has 178 valence electrons. The van der Waals surface area contributed by atoms with Gasteiger partial charge in [0.15, 0.2) is 6.29 Å². The maximum absolute atomic E-state index is 12.3. The number of nitrogens with one attached hydrogen (secondary N) is 2. The number of carbonyl (C=O) groups excluding carboxylic acids is 1. The Bertz CT molecular complexity index is 1270. The maximum atomic E-state index is 12.3. The zero-order valence-electron chi connectivity index (χ0n) is 19.6. The Kier molecular flexibility index (Phi) is 7.19. The normalized spacial score (nSPS) is 18.8. The fraction of sp³-hybridized carbons (Fsp3) is 0.233. The van der Waals surface area contributed by atoms with Gasteiger partial charge in [-0.2, -0.15) is 0 Å². The van der Waals surface area contributed by atoms with E-state index >= 15 is 0 Å². The number of piperidine rings is 1. The summed E-state index contributed by atoms with van der Waals surface area (Å²) in [6.07, 6.45) is -0.201. The van der Waals surface area contributed by atoms with Crippen LogP contribution in [0.4, 0.5) is 0 Å². The summed E-state index contributed by atoms with van der Waals surface area (Å²) in [4.78, 5) is 12.3. The lowest BCUT2D eigenvalue weighted by Gasteiger charge is -2.34. The van der Waals surface area contributed by atoms with E-state index in [-0.39, 0.29) is 17.9 Å². The molecule has 1 aliphatic heterocycles. The van der Waals surface area contributed by atoms with Crippen molar-refractivity contribution in [2.45, 2.75) is 31.3 Å². The second kappa shape index (κ2) is 10.8. The molecule has 0 saturated carbocycles. The number of hydrogen-bond acceptors (Lipinski definition) is 4. The molecule has 4 aromatic carbocycles. The highest BCUT2D eigenvalue weighted by molar-refractivity contribution is 5.94. The molecular formula is C30H30N2O3. The van der Waals surface area contributed by atoms with Crippen LogP contribution in [0.3, 0.4) is 0 Å². The van der Waals surface area contributed by atoms with Crippen molar-refractivity contribution >= 4 is 16.7 Å². The number of carbonyl (C=O) groups is 1. The Morgan fingerprint density at radius 3 is 2.49 bits per heavy atom. The second-order valence-electron chi connectivity index (χ2n) is 9.02. The van der Waals surface area contributed by atoms with Gasteiger partial charge < -0.3 is 20.5 Å². The van der Waals surface area contributed by atoms with Crippen molar-refractivity contribution in [1.82, 2.24) is 10.6 Å². The number of fused-ring (bicyclic) bond motifs is 1. The van der Waals surface area contributed by atoms with Gasteiger partial charge in [-0.25, -0.2) is 0 Å². The van der Waals surface area contributed by atoms with Gasteiger partial charge >= 0.3 is 0 Å². The molecule has 3 N–H and O–H groups in total. The molecule has 0 radical (unpaired) electrons. The number of aliphatic hydroxyl groups is 1. The highest BCUT2D eigenvalue weighted by atomic mass is 16.6. The van der Waals surface area contributed by atoms with Gasteiger partial charge in [0.25, 0.3) is 5.91 Å². The van der Waals surface area contributed by atoms with E-state index in [0.717, 1.165) is 34.9 Å². The van der Waals surface area contributed by atoms with E-state index in [1.54, 1.807) is 0 Å². The topological polar surface area (TPSA) is 70.6 Å². The highest BCUT2D eigenvalue weighted by Gasteiger charge is 2.29. The predicted molar refractivity (Wildman–Crippen MR) is 138 cm³/mol. The third kappa shape index (κ3) is 5.60. The molecule has 0 aliphatic carbocycles. The van der Waals surface area contributed by atoms with Crippen molar-refractivity contribution in [2.75, 3.05) is 13.1 Å². The van der Waals surface area contributed by atoms with E-state index in [1.807, 2.05) is 66.7 Å². The molecule has 0 bridgehead atoms. The van der Waals surface area contributed by atoms with Crippen molar-refractivity contribution in [2.24, 2.45) is 0 Å². The van der Waals surface area contributed by atoms with Crippen LogP contribution in [0.1, 0.15) is 45.7 Å². The SMILES string of the molecule is O=C(NCc1ccc(C2CCNCC2OC(O)c2ccc3ccccc3c2)cc1)c1ccccc1. The zero-order valence-corrected chi connectivity index (χ0v) is 19.6. The molecule has 35 heavy (non-hydrogen) atoms. The summed E-state index contributed by atoms with van der Waals surface area (Å²) >= 11 is 0. The predicted octanol–water partition coefficient (Wildman–Crippen LogP) is 4.92. The summed E-state index contributed by atoms with van der Waals surface area (Å²) in [6.45, 7) is 2.07. The minimum absolute atomic E-state index is 0.0795. The van der Waals surface area contributed by atoms with Gasteiger partial charge in [0.1, 0.15) is 0 Å². The van der Waals surface area contributed by atoms with Crippen molar-refractivity contribution in [1.29, 1.82) is 0 Å². The molecule has 5 nitrogen and oxygen atoms in total. The first-order valence-electron chi connectivity index (χ1n) is 12.1. The second-order valence-corrected chi connectivity index (χ2v) is 9.02. The number of ether oxygens (including phenoxy) is 1. The molecule has 1 aliphatic rings. The molecule has 5 rings (SSSR count). The minimum Gasteiger partial charge on any atom is -0.364 e. The number of hydrogen-bond donors (Lipinski definition) is 3. The molecule has 4 aromatic rings. The van der Waals surface area contributed by atoms with E-state index in [4.69, 9.17) is 4.74 Å². The highest BCUT2D eigenvalue weighted by Crippen LogP contribution is 2.31. The summed E-state index contributed by atoms with van der Waals surface area (Å²) in [5, 5.41) is 19.5. The molecule has 1 amide bonds. The molecule has 3 unspecified atom stereocenters. The Hall–Kier alpha value is -3.51. The fourth-order valence-electron chi connectivity index (χ4n) is 4.72. The zero-order chi connectivity index (χ0) is 24.0. The van der Waals surface area contributed by atoms with Crippen LogP contribution in [0.25, 0.3) is 10.8 Å². The van der Waals surface area contributed by atoms with E-state index < -0.39 is 6.29 Å². The van der Waals surface area contributed by atoms with Crippen LogP contribution in [0.5, 0.6) is 0 Å². The number of aliphatic hydroxyl groups excluding tert-OH is 1. The molecule has 1 saturated heterocycles. The smallest absolute Gasteiger partial charge is 0.251 e. The quantitative estimate of drug-likeness (QED) is 0.338. The molecule has 3 atom stereocenters. The Morgan fingerprint density at radius 2 is 1.69 bits per heavy atom. The van der Waals surface area contributed by atoms with Crippen LogP contribution >= 0.6 is 0 Å². The summed E-state index contributed by atoms with van der Waals surface area (Å²) in [5.74, 6) is 0.100.